The van der Waals surface area contributed by atoms with Crippen molar-refractivity contribution in [3.05, 3.63) is 46.7 Å². The van der Waals surface area contributed by atoms with Crippen LogP contribution in [0.1, 0.15) is 5.56 Å². The number of phenols is 1. The van der Waals surface area contributed by atoms with Crippen LogP contribution in [0, 0.1) is 5.82 Å². The summed E-state index contributed by atoms with van der Waals surface area (Å²) in [6.45, 7) is 0.341. The lowest BCUT2D eigenvalue weighted by atomic mass is 10.1. The number of aromatic hydroxyl groups is 1. The molecule has 3 rings (SSSR count). The zero-order chi connectivity index (χ0) is 14.1. The molecule has 2 aromatic carbocycles. The Kier molecular flexibility index (Phi) is 3.28. The van der Waals surface area contributed by atoms with Gasteiger partial charge in [-0.05, 0) is 18.2 Å². The quantitative estimate of drug-likeness (QED) is 0.909. The predicted octanol–water partition coefficient (Wildman–Crippen LogP) is 3.53. The number of hydrogen-bond donors (Lipinski definition) is 2. The summed E-state index contributed by atoms with van der Waals surface area (Å²) in [4.78, 5) is 0. The van der Waals surface area contributed by atoms with Gasteiger partial charge in [-0.1, -0.05) is 17.7 Å². The van der Waals surface area contributed by atoms with Crippen LogP contribution in [0.25, 0.3) is 0 Å². The Hall–Kier alpha value is -2.14. The SMILES string of the molecule is Oc1cc2c(cc1CNc1c(F)cccc1Cl)OCO2. The van der Waals surface area contributed by atoms with E-state index in [-0.39, 0.29) is 29.8 Å². The number of phenolic OH excluding ortho intramolecular Hbond substituents is 1. The van der Waals surface area contributed by atoms with Gasteiger partial charge in [-0.2, -0.15) is 0 Å². The number of rotatable bonds is 3. The molecule has 0 saturated carbocycles. The largest absolute Gasteiger partial charge is 0.507 e. The molecule has 0 saturated heterocycles. The average molecular weight is 296 g/mol. The van der Waals surface area contributed by atoms with Gasteiger partial charge in [-0.3, -0.25) is 0 Å². The molecule has 0 fully saturated rings. The van der Waals surface area contributed by atoms with E-state index in [0.29, 0.717) is 17.1 Å². The van der Waals surface area contributed by atoms with E-state index in [1.807, 2.05) is 0 Å². The third-order valence-electron chi connectivity index (χ3n) is 2.99. The van der Waals surface area contributed by atoms with E-state index >= 15 is 0 Å². The lowest BCUT2D eigenvalue weighted by molar-refractivity contribution is 0.174. The van der Waals surface area contributed by atoms with Gasteiger partial charge in [0, 0.05) is 18.2 Å². The molecule has 0 aliphatic carbocycles. The molecule has 20 heavy (non-hydrogen) atoms. The Labute approximate surface area is 119 Å². The maximum Gasteiger partial charge on any atom is 0.231 e. The molecule has 0 radical (unpaired) electrons. The molecule has 104 valence electrons. The number of para-hydroxylation sites is 1. The van der Waals surface area contributed by atoms with Crippen molar-refractivity contribution >= 4 is 17.3 Å². The molecule has 1 aliphatic rings. The number of benzene rings is 2. The molecule has 6 heteroatoms. The molecule has 0 unspecified atom stereocenters. The topological polar surface area (TPSA) is 50.7 Å². The lowest BCUT2D eigenvalue weighted by Crippen LogP contribution is -2.02. The van der Waals surface area contributed by atoms with E-state index in [2.05, 4.69) is 5.32 Å². The van der Waals surface area contributed by atoms with Crippen LogP contribution in [0.4, 0.5) is 10.1 Å². The van der Waals surface area contributed by atoms with Crippen LogP contribution in [0.15, 0.2) is 30.3 Å². The van der Waals surface area contributed by atoms with Gasteiger partial charge in [0.15, 0.2) is 11.5 Å². The summed E-state index contributed by atoms with van der Waals surface area (Å²) in [6, 6.07) is 7.56. The molecule has 1 aliphatic heterocycles. The fraction of sp³-hybridized carbons (Fsp3) is 0.143. The van der Waals surface area contributed by atoms with Crippen molar-refractivity contribution in [3.8, 4) is 17.2 Å². The number of anilines is 1. The third kappa shape index (κ3) is 2.32. The van der Waals surface area contributed by atoms with E-state index in [1.54, 1.807) is 12.1 Å². The highest BCUT2D eigenvalue weighted by atomic mass is 35.5. The second kappa shape index (κ2) is 5.09. The van der Waals surface area contributed by atoms with Crippen molar-refractivity contribution in [2.75, 3.05) is 12.1 Å². The smallest absolute Gasteiger partial charge is 0.231 e. The highest BCUT2D eigenvalue weighted by Gasteiger charge is 2.17. The van der Waals surface area contributed by atoms with Crippen molar-refractivity contribution in [1.82, 2.24) is 0 Å². The molecule has 2 N–H and O–H groups in total. The fourth-order valence-electron chi connectivity index (χ4n) is 1.97. The summed E-state index contributed by atoms with van der Waals surface area (Å²) < 4.78 is 24.0. The molecular weight excluding hydrogens is 285 g/mol. The van der Waals surface area contributed by atoms with Gasteiger partial charge in [-0.25, -0.2) is 4.39 Å². The first-order chi connectivity index (χ1) is 9.65. The van der Waals surface area contributed by atoms with Crippen molar-refractivity contribution in [3.63, 3.8) is 0 Å². The molecule has 1 heterocycles. The highest BCUT2D eigenvalue weighted by molar-refractivity contribution is 6.33. The molecule has 0 amide bonds. The molecule has 0 aromatic heterocycles. The number of hydrogen-bond acceptors (Lipinski definition) is 4. The van der Waals surface area contributed by atoms with E-state index in [0.717, 1.165) is 0 Å². The van der Waals surface area contributed by atoms with Crippen molar-refractivity contribution in [2.45, 2.75) is 6.54 Å². The van der Waals surface area contributed by atoms with Crippen LogP contribution in [-0.4, -0.2) is 11.9 Å². The van der Waals surface area contributed by atoms with Crippen LogP contribution >= 0.6 is 11.6 Å². The van der Waals surface area contributed by atoms with Crippen molar-refractivity contribution in [2.24, 2.45) is 0 Å². The molecule has 0 spiro atoms. The summed E-state index contributed by atoms with van der Waals surface area (Å²) in [5.74, 6) is 0.654. The molecule has 4 nitrogen and oxygen atoms in total. The summed E-state index contributed by atoms with van der Waals surface area (Å²) >= 11 is 5.92. The zero-order valence-corrected chi connectivity index (χ0v) is 11.1. The first-order valence-corrected chi connectivity index (χ1v) is 6.32. The maximum atomic E-state index is 13.6. The van der Waals surface area contributed by atoms with Crippen LogP contribution in [0.2, 0.25) is 5.02 Å². The van der Waals surface area contributed by atoms with E-state index in [4.69, 9.17) is 21.1 Å². The first-order valence-electron chi connectivity index (χ1n) is 5.94. The Bertz CT molecular complexity index is 643. The predicted molar refractivity (Wildman–Crippen MR) is 73.0 cm³/mol. The summed E-state index contributed by atoms with van der Waals surface area (Å²) in [6.07, 6.45) is 0. The van der Waals surface area contributed by atoms with Gasteiger partial charge in [0.25, 0.3) is 0 Å². The van der Waals surface area contributed by atoms with E-state index < -0.39 is 5.82 Å². The number of halogens is 2. The molecule has 0 atom stereocenters. The van der Waals surface area contributed by atoms with Gasteiger partial charge < -0.3 is 19.9 Å². The second-order valence-electron chi connectivity index (χ2n) is 4.28. The van der Waals surface area contributed by atoms with Crippen LogP contribution in [0.5, 0.6) is 17.2 Å². The van der Waals surface area contributed by atoms with Gasteiger partial charge in [-0.15, -0.1) is 0 Å². The number of nitrogens with one attached hydrogen (secondary N) is 1. The van der Waals surface area contributed by atoms with Crippen LogP contribution in [-0.2, 0) is 6.54 Å². The second-order valence-corrected chi connectivity index (χ2v) is 4.69. The zero-order valence-electron chi connectivity index (χ0n) is 10.3. The summed E-state index contributed by atoms with van der Waals surface area (Å²) in [5, 5.41) is 13.0. The highest BCUT2D eigenvalue weighted by Crippen LogP contribution is 2.38. The standard InChI is InChI=1S/C14H11ClFNO3/c15-9-2-1-3-10(16)14(9)17-6-8-4-12-13(5-11(8)18)20-7-19-12/h1-5,17-18H,6-7H2. The van der Waals surface area contributed by atoms with Gasteiger partial charge >= 0.3 is 0 Å². The normalized spacial score (nSPS) is 12.5. The van der Waals surface area contributed by atoms with Gasteiger partial charge in [0.05, 0.1) is 10.7 Å². The lowest BCUT2D eigenvalue weighted by Gasteiger charge is -2.11. The Morgan fingerprint density at radius 1 is 1.25 bits per heavy atom. The Morgan fingerprint density at radius 2 is 2.00 bits per heavy atom. The summed E-state index contributed by atoms with van der Waals surface area (Å²) in [7, 11) is 0. The third-order valence-corrected chi connectivity index (χ3v) is 3.31. The Balaban J connectivity index is 1.82. The minimum absolute atomic E-state index is 0.0502. The van der Waals surface area contributed by atoms with Gasteiger partial charge in [0.2, 0.25) is 6.79 Å². The monoisotopic (exact) mass is 295 g/mol. The molecule has 0 bridgehead atoms. The fourth-order valence-corrected chi connectivity index (χ4v) is 2.20. The first kappa shape index (κ1) is 12.9. The van der Waals surface area contributed by atoms with Crippen molar-refractivity contribution < 1.29 is 19.0 Å². The van der Waals surface area contributed by atoms with Crippen LogP contribution < -0.4 is 14.8 Å². The number of fused-ring (bicyclic) bond motifs is 1. The Morgan fingerprint density at radius 3 is 2.75 bits per heavy atom. The minimum atomic E-state index is -0.447. The van der Waals surface area contributed by atoms with Crippen molar-refractivity contribution in [1.29, 1.82) is 0 Å². The maximum absolute atomic E-state index is 13.6. The molecular formula is C14H11ClFNO3. The average Bonchev–Trinajstić information content (AvgIpc) is 2.85. The van der Waals surface area contributed by atoms with Crippen LogP contribution in [0.3, 0.4) is 0 Å². The van der Waals surface area contributed by atoms with E-state index in [9.17, 15) is 9.50 Å². The minimum Gasteiger partial charge on any atom is -0.507 e. The van der Waals surface area contributed by atoms with E-state index in [1.165, 1.54) is 18.2 Å². The van der Waals surface area contributed by atoms with Gasteiger partial charge in [0.1, 0.15) is 11.6 Å². The molecule has 2 aromatic rings. The number of ether oxygens (including phenoxy) is 2. The summed E-state index contributed by atoms with van der Waals surface area (Å²) in [5.41, 5.74) is 0.764.